The number of rotatable bonds is 7. The van der Waals surface area contributed by atoms with Crippen LogP contribution in [-0.2, 0) is 13.1 Å². The Morgan fingerprint density at radius 1 is 0.897 bits per heavy atom. The summed E-state index contributed by atoms with van der Waals surface area (Å²) in [6.45, 7) is 3.30. The van der Waals surface area contributed by atoms with Gasteiger partial charge in [0.1, 0.15) is 11.5 Å². The van der Waals surface area contributed by atoms with Gasteiger partial charge in [-0.15, -0.1) is 0 Å². The molecule has 148 valence electrons. The smallest absolute Gasteiger partial charge is 0.270 e. The van der Waals surface area contributed by atoms with Crippen LogP contribution in [0.4, 0.5) is 11.5 Å². The molecule has 0 aliphatic carbocycles. The molecule has 1 aromatic carbocycles. The van der Waals surface area contributed by atoms with Crippen molar-refractivity contribution in [2.24, 2.45) is 0 Å². The molecule has 1 amide bonds. The number of hydrogen-bond donors (Lipinski definition) is 2. The van der Waals surface area contributed by atoms with E-state index in [1.54, 1.807) is 12.3 Å². The fourth-order valence-corrected chi connectivity index (χ4v) is 3.43. The van der Waals surface area contributed by atoms with Gasteiger partial charge in [-0.3, -0.25) is 9.78 Å². The van der Waals surface area contributed by atoms with E-state index in [4.69, 9.17) is 0 Å². The van der Waals surface area contributed by atoms with Crippen LogP contribution in [0.15, 0.2) is 67.0 Å². The monoisotopic (exact) mass is 387 g/mol. The molecule has 29 heavy (non-hydrogen) atoms. The Morgan fingerprint density at radius 3 is 2.52 bits per heavy atom. The molecule has 0 atom stereocenters. The molecule has 1 aliphatic rings. The zero-order valence-electron chi connectivity index (χ0n) is 16.3. The molecular formula is C23H25N5O. The fraction of sp³-hybridized carbons (Fsp3) is 0.261. The van der Waals surface area contributed by atoms with Crippen molar-refractivity contribution >= 4 is 17.4 Å². The minimum Gasteiger partial charge on any atom is -0.381 e. The van der Waals surface area contributed by atoms with Crippen LogP contribution in [0.5, 0.6) is 0 Å². The number of aromatic nitrogens is 2. The van der Waals surface area contributed by atoms with Crippen LogP contribution in [-0.4, -0.2) is 29.0 Å². The van der Waals surface area contributed by atoms with Gasteiger partial charge < -0.3 is 15.5 Å². The quantitative estimate of drug-likeness (QED) is 0.648. The van der Waals surface area contributed by atoms with Gasteiger partial charge in [0.25, 0.3) is 5.91 Å². The zero-order chi connectivity index (χ0) is 19.9. The van der Waals surface area contributed by atoms with Crippen molar-refractivity contribution in [2.45, 2.75) is 25.9 Å². The number of nitrogens with one attached hydrogen (secondary N) is 2. The SMILES string of the molecule is O=C(NCc1ccccc1)c1cc(NCc2ccnc(N3CCCC3)c2)ccn1. The van der Waals surface area contributed by atoms with Gasteiger partial charge in [0.15, 0.2) is 0 Å². The van der Waals surface area contributed by atoms with Crippen LogP contribution >= 0.6 is 0 Å². The molecule has 0 bridgehead atoms. The highest BCUT2D eigenvalue weighted by Gasteiger charge is 2.13. The molecule has 6 heteroatoms. The normalized spacial score (nSPS) is 13.3. The molecule has 6 nitrogen and oxygen atoms in total. The topological polar surface area (TPSA) is 70.2 Å². The van der Waals surface area contributed by atoms with Crippen molar-refractivity contribution in [1.29, 1.82) is 0 Å². The highest BCUT2D eigenvalue weighted by Crippen LogP contribution is 2.19. The van der Waals surface area contributed by atoms with E-state index < -0.39 is 0 Å². The number of pyridine rings is 2. The summed E-state index contributed by atoms with van der Waals surface area (Å²) in [6, 6.07) is 17.6. The lowest BCUT2D eigenvalue weighted by Crippen LogP contribution is -2.23. The molecule has 1 saturated heterocycles. The van der Waals surface area contributed by atoms with Crippen molar-refractivity contribution < 1.29 is 4.79 Å². The molecule has 0 radical (unpaired) electrons. The second-order valence-corrected chi connectivity index (χ2v) is 7.17. The second kappa shape index (κ2) is 9.19. The van der Waals surface area contributed by atoms with Crippen LogP contribution in [0.25, 0.3) is 0 Å². The highest BCUT2D eigenvalue weighted by atomic mass is 16.1. The van der Waals surface area contributed by atoms with Gasteiger partial charge in [0.05, 0.1) is 0 Å². The number of carbonyl (C=O) groups excluding carboxylic acids is 1. The molecule has 0 unspecified atom stereocenters. The van der Waals surface area contributed by atoms with Crippen molar-refractivity contribution in [3.63, 3.8) is 0 Å². The first-order chi connectivity index (χ1) is 14.3. The van der Waals surface area contributed by atoms with E-state index in [-0.39, 0.29) is 5.91 Å². The number of hydrogen-bond acceptors (Lipinski definition) is 5. The Bertz CT molecular complexity index is 954. The summed E-state index contributed by atoms with van der Waals surface area (Å²) < 4.78 is 0. The van der Waals surface area contributed by atoms with E-state index in [9.17, 15) is 4.79 Å². The van der Waals surface area contributed by atoms with Crippen molar-refractivity contribution in [3.8, 4) is 0 Å². The molecule has 1 fully saturated rings. The predicted molar refractivity (Wildman–Crippen MR) is 115 cm³/mol. The summed E-state index contributed by atoms with van der Waals surface area (Å²) in [6.07, 6.45) is 5.98. The summed E-state index contributed by atoms with van der Waals surface area (Å²) in [7, 11) is 0. The number of carbonyl (C=O) groups is 1. The van der Waals surface area contributed by atoms with Crippen LogP contribution in [0.1, 0.15) is 34.5 Å². The lowest BCUT2D eigenvalue weighted by atomic mass is 10.2. The maximum Gasteiger partial charge on any atom is 0.270 e. The first-order valence-corrected chi connectivity index (χ1v) is 10.00. The number of benzene rings is 1. The molecule has 4 rings (SSSR count). The summed E-state index contributed by atoms with van der Waals surface area (Å²) in [5.74, 6) is 0.857. The molecule has 3 aromatic rings. The second-order valence-electron chi connectivity index (χ2n) is 7.17. The van der Waals surface area contributed by atoms with Gasteiger partial charge in [-0.1, -0.05) is 30.3 Å². The Morgan fingerprint density at radius 2 is 1.69 bits per heavy atom. The summed E-state index contributed by atoms with van der Waals surface area (Å²) in [5, 5.41) is 6.29. The predicted octanol–water partition coefficient (Wildman–Crippen LogP) is 3.62. The molecule has 0 saturated carbocycles. The lowest BCUT2D eigenvalue weighted by Gasteiger charge is -2.17. The maximum atomic E-state index is 12.4. The van der Waals surface area contributed by atoms with Crippen LogP contribution in [0.3, 0.4) is 0 Å². The largest absolute Gasteiger partial charge is 0.381 e. The summed E-state index contributed by atoms with van der Waals surface area (Å²) in [4.78, 5) is 23.4. The van der Waals surface area contributed by atoms with E-state index in [0.29, 0.717) is 18.8 Å². The van der Waals surface area contributed by atoms with Gasteiger partial charge in [0, 0.05) is 44.3 Å². The van der Waals surface area contributed by atoms with Gasteiger partial charge in [-0.2, -0.15) is 0 Å². The van der Waals surface area contributed by atoms with Crippen LogP contribution in [0.2, 0.25) is 0 Å². The number of nitrogens with zero attached hydrogens (tertiary/aromatic N) is 3. The van der Waals surface area contributed by atoms with Crippen molar-refractivity contribution in [2.75, 3.05) is 23.3 Å². The van der Waals surface area contributed by atoms with E-state index in [2.05, 4.69) is 31.6 Å². The van der Waals surface area contributed by atoms with E-state index >= 15 is 0 Å². The zero-order valence-corrected chi connectivity index (χ0v) is 16.3. The summed E-state index contributed by atoms with van der Waals surface area (Å²) >= 11 is 0. The highest BCUT2D eigenvalue weighted by molar-refractivity contribution is 5.93. The van der Waals surface area contributed by atoms with Gasteiger partial charge in [0.2, 0.25) is 0 Å². The fourth-order valence-electron chi connectivity index (χ4n) is 3.43. The minimum absolute atomic E-state index is 0.183. The third kappa shape index (κ3) is 5.10. The lowest BCUT2D eigenvalue weighted by molar-refractivity contribution is 0.0946. The van der Waals surface area contributed by atoms with Crippen molar-refractivity contribution in [1.82, 2.24) is 15.3 Å². The maximum absolute atomic E-state index is 12.4. The number of amides is 1. The first kappa shape index (κ1) is 18.9. The van der Waals surface area contributed by atoms with Gasteiger partial charge in [-0.05, 0) is 48.2 Å². The van der Waals surface area contributed by atoms with E-state index in [0.717, 1.165) is 35.7 Å². The van der Waals surface area contributed by atoms with Crippen LogP contribution in [0, 0.1) is 0 Å². The van der Waals surface area contributed by atoms with Crippen LogP contribution < -0.4 is 15.5 Å². The molecule has 2 aromatic heterocycles. The molecule has 3 heterocycles. The van der Waals surface area contributed by atoms with Gasteiger partial charge in [-0.25, -0.2) is 4.98 Å². The average Bonchev–Trinajstić information content (AvgIpc) is 3.32. The third-order valence-electron chi connectivity index (χ3n) is 5.03. The molecular weight excluding hydrogens is 362 g/mol. The van der Waals surface area contributed by atoms with E-state index in [1.807, 2.05) is 48.7 Å². The molecule has 2 N–H and O–H groups in total. The Hall–Kier alpha value is -3.41. The Labute approximate surface area is 171 Å². The molecule has 1 aliphatic heterocycles. The Kier molecular flexibility index (Phi) is 6.00. The third-order valence-corrected chi connectivity index (χ3v) is 5.03. The molecule has 0 spiro atoms. The Balaban J connectivity index is 1.35. The summed E-state index contributed by atoms with van der Waals surface area (Å²) in [5.41, 5.74) is 3.48. The first-order valence-electron chi connectivity index (χ1n) is 10.00. The van der Waals surface area contributed by atoms with E-state index in [1.165, 1.54) is 12.8 Å². The van der Waals surface area contributed by atoms with Gasteiger partial charge >= 0.3 is 0 Å². The standard InChI is InChI=1S/C23H25N5O/c29-23(27-16-18-6-2-1-3-7-18)21-15-20(9-11-24-21)26-17-19-8-10-25-22(14-19)28-12-4-5-13-28/h1-3,6-11,14-15H,4-5,12-13,16-17H2,(H,24,26)(H,27,29). The average molecular weight is 387 g/mol. The van der Waals surface area contributed by atoms with Crippen molar-refractivity contribution in [3.05, 3.63) is 83.8 Å². The number of anilines is 2. The minimum atomic E-state index is -0.183.